The highest BCUT2D eigenvalue weighted by atomic mass is 16.6. The maximum Gasteiger partial charge on any atom is 0.279 e. The highest BCUT2D eigenvalue weighted by Gasteiger charge is 2.55. The van der Waals surface area contributed by atoms with Gasteiger partial charge in [0, 0.05) is 13.0 Å². The van der Waals surface area contributed by atoms with Crippen LogP contribution in [-0.2, 0) is 4.74 Å². The van der Waals surface area contributed by atoms with Gasteiger partial charge >= 0.3 is 0 Å². The molecule has 16 heavy (non-hydrogen) atoms. The molecular weight excluding hydrogens is 204 g/mol. The zero-order chi connectivity index (χ0) is 11.9. The Morgan fingerprint density at radius 1 is 1.62 bits per heavy atom. The standard InChI is InChI=1S/C12H20N2O2/c1-7(2)14-12(6-8(12)3)10-5-9(4)16-11(15)13-10/h7-8,11,13-15H,6H2,1-4H3/t8-,11?,12-/m0/s1. The number of ether oxygens (including phenoxy) is 1. The van der Waals surface area contributed by atoms with E-state index in [4.69, 9.17) is 4.74 Å². The third kappa shape index (κ3) is 1.96. The molecule has 4 heteroatoms. The van der Waals surface area contributed by atoms with Crippen molar-refractivity contribution in [2.24, 2.45) is 5.92 Å². The van der Waals surface area contributed by atoms with Crippen LogP contribution in [0.1, 0.15) is 34.1 Å². The minimum atomic E-state index is -0.949. The van der Waals surface area contributed by atoms with Crippen LogP contribution in [0.4, 0.5) is 0 Å². The van der Waals surface area contributed by atoms with E-state index in [-0.39, 0.29) is 5.54 Å². The lowest BCUT2D eigenvalue weighted by molar-refractivity contribution is -0.0871. The molecule has 1 aliphatic carbocycles. The first-order chi connectivity index (χ1) is 7.44. The van der Waals surface area contributed by atoms with E-state index < -0.39 is 6.41 Å². The van der Waals surface area contributed by atoms with Crippen molar-refractivity contribution in [1.82, 2.24) is 10.6 Å². The van der Waals surface area contributed by atoms with E-state index in [1.54, 1.807) is 6.92 Å². The fraction of sp³-hybridized carbons (Fsp3) is 0.750. The van der Waals surface area contributed by atoms with Crippen LogP contribution >= 0.6 is 0 Å². The maximum atomic E-state index is 9.52. The third-order valence-corrected chi connectivity index (χ3v) is 3.16. The van der Waals surface area contributed by atoms with Gasteiger partial charge in [-0.25, -0.2) is 0 Å². The normalized spacial score (nSPS) is 37.4. The largest absolute Gasteiger partial charge is 0.443 e. The Kier molecular flexibility index (Phi) is 2.74. The van der Waals surface area contributed by atoms with Gasteiger partial charge in [0.05, 0.1) is 11.2 Å². The van der Waals surface area contributed by atoms with E-state index in [1.807, 2.05) is 0 Å². The quantitative estimate of drug-likeness (QED) is 0.627. The summed E-state index contributed by atoms with van der Waals surface area (Å²) in [7, 11) is 0. The average molecular weight is 224 g/mol. The van der Waals surface area contributed by atoms with E-state index in [0.717, 1.165) is 12.1 Å². The Hall–Kier alpha value is -0.960. The van der Waals surface area contributed by atoms with Gasteiger partial charge < -0.3 is 20.5 Å². The van der Waals surface area contributed by atoms with Crippen LogP contribution in [0.15, 0.2) is 17.2 Å². The lowest BCUT2D eigenvalue weighted by Crippen LogP contribution is -2.47. The Morgan fingerprint density at radius 3 is 2.69 bits per heavy atom. The van der Waals surface area contributed by atoms with Gasteiger partial charge in [-0.1, -0.05) is 12.7 Å². The second-order valence-electron chi connectivity index (χ2n) is 5.05. The van der Waals surface area contributed by atoms with Gasteiger partial charge in [-0.2, -0.15) is 0 Å². The fourth-order valence-electron chi connectivity index (χ4n) is 2.36. The van der Waals surface area contributed by atoms with Crippen LogP contribution in [0.25, 0.3) is 0 Å². The molecule has 4 nitrogen and oxygen atoms in total. The predicted octanol–water partition coefficient (Wildman–Crippen LogP) is 1.05. The molecule has 0 amide bonds. The number of aliphatic hydroxyl groups is 1. The summed E-state index contributed by atoms with van der Waals surface area (Å²) < 4.78 is 5.08. The smallest absolute Gasteiger partial charge is 0.279 e. The van der Waals surface area contributed by atoms with Gasteiger partial charge in [0.25, 0.3) is 6.41 Å². The second-order valence-corrected chi connectivity index (χ2v) is 5.05. The molecule has 2 aliphatic rings. The van der Waals surface area contributed by atoms with Gasteiger partial charge in [-0.05, 0) is 26.2 Å². The van der Waals surface area contributed by atoms with Gasteiger partial charge in [0.15, 0.2) is 0 Å². The van der Waals surface area contributed by atoms with Crippen LogP contribution in [-0.4, -0.2) is 23.1 Å². The number of nitrogens with one attached hydrogen (secondary N) is 2. The summed E-state index contributed by atoms with van der Waals surface area (Å²) in [6.45, 7) is 8.25. The van der Waals surface area contributed by atoms with E-state index in [2.05, 4.69) is 37.1 Å². The minimum Gasteiger partial charge on any atom is -0.443 e. The van der Waals surface area contributed by atoms with Crippen molar-refractivity contribution >= 4 is 0 Å². The van der Waals surface area contributed by atoms with Crippen molar-refractivity contribution in [3.63, 3.8) is 0 Å². The maximum absolute atomic E-state index is 9.52. The summed E-state index contributed by atoms with van der Waals surface area (Å²) in [6, 6.07) is 0.404. The Bertz CT molecular complexity index is 358. The van der Waals surface area contributed by atoms with Crippen LogP contribution in [0.3, 0.4) is 0 Å². The van der Waals surface area contributed by atoms with Crippen LogP contribution in [0, 0.1) is 5.92 Å². The Balaban J connectivity index is 2.26. The van der Waals surface area contributed by atoms with Crippen molar-refractivity contribution < 1.29 is 9.84 Å². The molecule has 90 valence electrons. The van der Waals surface area contributed by atoms with E-state index in [0.29, 0.717) is 17.7 Å². The molecular formula is C12H20N2O2. The van der Waals surface area contributed by atoms with Gasteiger partial charge in [-0.3, -0.25) is 0 Å². The zero-order valence-corrected chi connectivity index (χ0v) is 10.3. The highest BCUT2D eigenvalue weighted by Crippen LogP contribution is 2.48. The molecule has 1 aliphatic heterocycles. The Morgan fingerprint density at radius 2 is 2.25 bits per heavy atom. The first-order valence-corrected chi connectivity index (χ1v) is 5.81. The number of rotatable bonds is 3. The summed E-state index contributed by atoms with van der Waals surface area (Å²) in [6.07, 6.45) is 0.121. The summed E-state index contributed by atoms with van der Waals surface area (Å²) in [5, 5.41) is 16.0. The zero-order valence-electron chi connectivity index (χ0n) is 10.3. The van der Waals surface area contributed by atoms with E-state index in [9.17, 15) is 5.11 Å². The average Bonchev–Trinajstić information content (AvgIpc) is 2.74. The molecule has 1 unspecified atom stereocenters. The molecule has 3 atom stereocenters. The SMILES string of the molecule is CC1=C=C([C@]2(NC(C)C)C[C@@H]2C)NC(O)O1. The minimum absolute atomic E-state index is 0.0554. The lowest BCUT2D eigenvalue weighted by atomic mass is 10.1. The van der Waals surface area contributed by atoms with Crippen molar-refractivity contribution in [3.8, 4) is 0 Å². The molecule has 1 fully saturated rings. The van der Waals surface area contributed by atoms with Crippen molar-refractivity contribution in [1.29, 1.82) is 0 Å². The Labute approximate surface area is 96.4 Å². The third-order valence-electron chi connectivity index (χ3n) is 3.16. The first kappa shape index (κ1) is 11.5. The van der Waals surface area contributed by atoms with Crippen molar-refractivity contribution in [3.05, 3.63) is 17.2 Å². The molecule has 0 saturated heterocycles. The van der Waals surface area contributed by atoms with E-state index in [1.165, 1.54) is 0 Å². The molecule has 0 aromatic carbocycles. The molecule has 1 saturated carbocycles. The number of hydrogen-bond donors (Lipinski definition) is 3. The first-order valence-electron chi connectivity index (χ1n) is 5.81. The van der Waals surface area contributed by atoms with Crippen LogP contribution in [0.2, 0.25) is 0 Å². The molecule has 0 spiro atoms. The summed E-state index contributed by atoms with van der Waals surface area (Å²) in [5.41, 5.74) is 4.03. The van der Waals surface area contributed by atoms with Gasteiger partial charge in [0.2, 0.25) is 0 Å². The summed E-state index contributed by atoms with van der Waals surface area (Å²) in [4.78, 5) is 0. The molecule has 3 N–H and O–H groups in total. The molecule has 0 aromatic rings. The number of aliphatic hydroxyl groups excluding tert-OH is 1. The lowest BCUT2D eigenvalue weighted by Gasteiger charge is -2.29. The molecule has 0 bridgehead atoms. The summed E-state index contributed by atoms with van der Waals surface area (Å²) >= 11 is 0. The van der Waals surface area contributed by atoms with Gasteiger partial charge in [-0.15, -0.1) is 0 Å². The van der Waals surface area contributed by atoms with Gasteiger partial charge in [0.1, 0.15) is 5.76 Å². The fourth-order valence-corrected chi connectivity index (χ4v) is 2.36. The van der Waals surface area contributed by atoms with Crippen molar-refractivity contribution in [2.75, 3.05) is 0 Å². The molecule has 0 aromatic heterocycles. The summed E-state index contributed by atoms with van der Waals surface area (Å²) in [5.74, 6) is 1.19. The monoisotopic (exact) mass is 224 g/mol. The topological polar surface area (TPSA) is 53.5 Å². The number of hydrogen-bond acceptors (Lipinski definition) is 4. The second kappa shape index (κ2) is 3.81. The van der Waals surface area contributed by atoms with Crippen LogP contribution in [0.5, 0.6) is 0 Å². The predicted molar refractivity (Wildman–Crippen MR) is 61.2 cm³/mol. The molecule has 1 heterocycles. The highest BCUT2D eigenvalue weighted by molar-refractivity contribution is 5.31. The molecule has 0 radical (unpaired) electrons. The molecule has 2 rings (SSSR count). The van der Waals surface area contributed by atoms with Crippen LogP contribution < -0.4 is 10.6 Å². The van der Waals surface area contributed by atoms with Crippen molar-refractivity contribution in [2.45, 2.75) is 52.1 Å². The van der Waals surface area contributed by atoms with E-state index >= 15 is 0 Å².